The van der Waals surface area contributed by atoms with E-state index in [0.29, 0.717) is 6.20 Å². The van der Waals surface area contributed by atoms with Crippen LogP contribution in [0.1, 0.15) is 12.6 Å². The number of phosphoric acid groups is 1. The molecule has 1 aromatic carbocycles. The van der Waals surface area contributed by atoms with E-state index in [4.69, 9.17) is 13.8 Å². The van der Waals surface area contributed by atoms with Crippen LogP contribution in [0, 0.1) is 5.82 Å². The van der Waals surface area contributed by atoms with Crippen molar-refractivity contribution in [2.24, 2.45) is 0 Å². The van der Waals surface area contributed by atoms with Crippen molar-refractivity contribution in [3.8, 4) is 5.75 Å². The number of hydrogen-bond donors (Lipinski definition) is 3. The number of hydrogen-bond acceptors (Lipinski definition) is 7. The SMILES string of the molecule is O=c1[nH]c(=O)n([C@H]2C[C@H](O)[C@@H](COP(=O)(O)Oc3ccccc3)O2)cc1F. The number of halogens is 1. The highest BCUT2D eigenvalue weighted by atomic mass is 31.2. The third-order valence-corrected chi connectivity index (χ3v) is 4.72. The van der Waals surface area contributed by atoms with Crippen molar-refractivity contribution >= 4 is 7.82 Å². The van der Waals surface area contributed by atoms with Gasteiger partial charge < -0.3 is 14.4 Å². The molecule has 2 aromatic rings. The molecule has 1 aliphatic heterocycles. The number of aromatic amines is 1. The van der Waals surface area contributed by atoms with Gasteiger partial charge >= 0.3 is 13.5 Å². The van der Waals surface area contributed by atoms with Gasteiger partial charge in [0.25, 0.3) is 5.56 Å². The van der Waals surface area contributed by atoms with Gasteiger partial charge in [0.05, 0.1) is 18.9 Å². The Balaban J connectivity index is 1.64. The number of para-hydroxylation sites is 1. The minimum atomic E-state index is -4.48. The van der Waals surface area contributed by atoms with Crippen molar-refractivity contribution in [2.45, 2.75) is 24.9 Å². The van der Waals surface area contributed by atoms with E-state index in [9.17, 15) is 28.5 Å². The van der Waals surface area contributed by atoms with Crippen LogP contribution in [0.5, 0.6) is 5.75 Å². The molecule has 12 heteroatoms. The topological polar surface area (TPSA) is 140 Å². The lowest BCUT2D eigenvalue weighted by Gasteiger charge is -2.18. The summed E-state index contributed by atoms with van der Waals surface area (Å²) >= 11 is 0. The van der Waals surface area contributed by atoms with Gasteiger partial charge in [-0.25, -0.2) is 9.36 Å². The maximum atomic E-state index is 13.4. The smallest absolute Gasteiger partial charge is 0.404 e. The summed E-state index contributed by atoms with van der Waals surface area (Å²) in [6.45, 7) is -0.515. The van der Waals surface area contributed by atoms with Gasteiger partial charge in [-0.05, 0) is 12.1 Å². The highest BCUT2D eigenvalue weighted by Crippen LogP contribution is 2.44. The third-order valence-electron chi connectivity index (χ3n) is 3.80. The highest BCUT2D eigenvalue weighted by molar-refractivity contribution is 7.47. The average Bonchev–Trinajstić information content (AvgIpc) is 2.97. The van der Waals surface area contributed by atoms with E-state index in [1.807, 2.05) is 0 Å². The van der Waals surface area contributed by atoms with Crippen molar-refractivity contribution in [3.05, 3.63) is 63.2 Å². The summed E-state index contributed by atoms with van der Waals surface area (Å²) in [6, 6.07) is 7.82. The first-order chi connectivity index (χ1) is 12.7. The molecule has 3 N–H and O–H groups in total. The minimum absolute atomic E-state index is 0.115. The molecule has 10 nitrogen and oxygen atoms in total. The number of rotatable bonds is 6. The first-order valence-corrected chi connectivity index (χ1v) is 9.31. The maximum absolute atomic E-state index is 13.4. The molecule has 4 atom stereocenters. The van der Waals surface area contributed by atoms with Gasteiger partial charge in [0.1, 0.15) is 18.1 Å². The van der Waals surface area contributed by atoms with Crippen LogP contribution in [0.25, 0.3) is 0 Å². The molecule has 0 amide bonds. The number of nitrogens with zero attached hydrogens (tertiary/aromatic N) is 1. The lowest BCUT2D eigenvalue weighted by molar-refractivity contribution is -0.0449. The van der Waals surface area contributed by atoms with Crippen LogP contribution in [0.15, 0.2) is 46.1 Å². The molecule has 1 saturated heterocycles. The summed E-state index contributed by atoms with van der Waals surface area (Å²) < 4.78 is 41.2. The molecule has 0 saturated carbocycles. The summed E-state index contributed by atoms with van der Waals surface area (Å²) in [5.74, 6) is -1.08. The van der Waals surface area contributed by atoms with Crippen molar-refractivity contribution in [1.82, 2.24) is 9.55 Å². The maximum Gasteiger partial charge on any atom is 0.527 e. The molecule has 0 aliphatic carbocycles. The summed E-state index contributed by atoms with van der Waals surface area (Å²) in [5.41, 5.74) is -2.09. The predicted octanol–water partition coefficient (Wildman–Crippen LogP) is 0.520. The van der Waals surface area contributed by atoms with Gasteiger partial charge in [-0.3, -0.25) is 23.8 Å². The van der Waals surface area contributed by atoms with Crippen LogP contribution in [0.3, 0.4) is 0 Å². The summed E-state index contributed by atoms with van der Waals surface area (Å²) in [7, 11) is -4.48. The zero-order valence-electron chi connectivity index (χ0n) is 13.7. The molecule has 27 heavy (non-hydrogen) atoms. The largest absolute Gasteiger partial charge is 0.527 e. The Morgan fingerprint density at radius 3 is 2.74 bits per heavy atom. The second-order valence-corrected chi connectivity index (χ2v) is 7.12. The molecule has 0 bridgehead atoms. The van der Waals surface area contributed by atoms with E-state index in [1.54, 1.807) is 23.2 Å². The molecule has 2 heterocycles. The summed E-state index contributed by atoms with van der Waals surface area (Å²) in [5, 5.41) is 10.0. The monoisotopic (exact) mass is 402 g/mol. The van der Waals surface area contributed by atoms with E-state index in [1.165, 1.54) is 12.1 Å². The fourth-order valence-electron chi connectivity index (χ4n) is 2.52. The van der Waals surface area contributed by atoms with Gasteiger partial charge in [-0.1, -0.05) is 18.2 Å². The van der Waals surface area contributed by atoms with Gasteiger partial charge in [0, 0.05) is 6.42 Å². The summed E-state index contributed by atoms with van der Waals surface area (Å²) in [4.78, 5) is 34.3. The fraction of sp³-hybridized carbons (Fsp3) is 0.333. The van der Waals surface area contributed by atoms with Crippen LogP contribution < -0.4 is 15.8 Å². The molecule has 1 aliphatic rings. The molecule has 0 spiro atoms. The first kappa shape index (κ1) is 19.5. The molecular weight excluding hydrogens is 386 g/mol. The molecule has 146 valence electrons. The van der Waals surface area contributed by atoms with E-state index >= 15 is 0 Å². The number of ether oxygens (including phenoxy) is 1. The number of aliphatic hydroxyl groups is 1. The Morgan fingerprint density at radius 1 is 1.33 bits per heavy atom. The standard InChI is InChI=1S/C15H16FN2O8P/c16-10-7-18(15(21)17-14(10)20)13-6-11(19)12(25-13)8-24-27(22,23)26-9-4-2-1-3-5-9/h1-5,7,11-13,19H,6,8H2,(H,22,23)(H,17,20,21)/t11-,12+,13+/m0/s1. The Bertz CT molecular complexity index is 962. The second-order valence-electron chi connectivity index (χ2n) is 5.74. The van der Waals surface area contributed by atoms with Gasteiger partial charge in [0.15, 0.2) is 0 Å². The summed E-state index contributed by atoms with van der Waals surface area (Å²) in [6.07, 6.45) is -2.77. The Kier molecular flexibility index (Phi) is 5.59. The first-order valence-electron chi connectivity index (χ1n) is 7.81. The van der Waals surface area contributed by atoms with Crippen molar-refractivity contribution in [1.29, 1.82) is 0 Å². The van der Waals surface area contributed by atoms with Crippen LogP contribution in [0.2, 0.25) is 0 Å². The van der Waals surface area contributed by atoms with Gasteiger partial charge in [-0.2, -0.15) is 4.39 Å². The lowest BCUT2D eigenvalue weighted by Crippen LogP contribution is -2.34. The van der Waals surface area contributed by atoms with E-state index in [0.717, 1.165) is 4.57 Å². The normalized spacial score (nSPS) is 24.5. The fourth-order valence-corrected chi connectivity index (χ4v) is 3.30. The number of aliphatic hydroxyl groups excluding tert-OH is 1. The Hall–Kier alpha value is -2.30. The van der Waals surface area contributed by atoms with E-state index in [2.05, 4.69) is 0 Å². The van der Waals surface area contributed by atoms with Crippen LogP contribution in [-0.2, 0) is 13.8 Å². The average molecular weight is 402 g/mol. The molecular formula is C15H16FN2O8P. The number of benzene rings is 1. The third kappa shape index (κ3) is 4.71. The molecule has 1 unspecified atom stereocenters. The van der Waals surface area contributed by atoms with Crippen molar-refractivity contribution in [2.75, 3.05) is 6.61 Å². The molecule has 1 fully saturated rings. The lowest BCUT2D eigenvalue weighted by atomic mass is 10.2. The Labute approximate surface area is 151 Å². The zero-order chi connectivity index (χ0) is 19.6. The molecule has 0 radical (unpaired) electrons. The number of H-pyrrole nitrogens is 1. The quantitative estimate of drug-likeness (QED) is 0.594. The van der Waals surface area contributed by atoms with E-state index < -0.39 is 49.9 Å². The van der Waals surface area contributed by atoms with Crippen LogP contribution >= 0.6 is 7.82 Å². The van der Waals surface area contributed by atoms with Crippen LogP contribution in [-0.4, -0.2) is 38.4 Å². The van der Waals surface area contributed by atoms with E-state index in [-0.39, 0.29) is 12.2 Å². The Morgan fingerprint density at radius 2 is 2.04 bits per heavy atom. The van der Waals surface area contributed by atoms with Gasteiger partial charge in [-0.15, -0.1) is 0 Å². The highest BCUT2D eigenvalue weighted by Gasteiger charge is 2.38. The number of nitrogens with one attached hydrogen (secondary N) is 1. The van der Waals surface area contributed by atoms with Crippen LogP contribution in [0.4, 0.5) is 4.39 Å². The van der Waals surface area contributed by atoms with Crippen molar-refractivity contribution < 1.29 is 32.7 Å². The van der Waals surface area contributed by atoms with Crippen molar-refractivity contribution in [3.63, 3.8) is 0 Å². The zero-order valence-corrected chi connectivity index (χ0v) is 14.6. The number of aromatic nitrogens is 2. The molecule has 1 aromatic heterocycles. The number of phosphoric ester groups is 1. The molecule has 3 rings (SSSR count). The second kappa shape index (κ2) is 7.75. The van der Waals surface area contributed by atoms with Gasteiger partial charge in [0.2, 0.25) is 5.82 Å². The predicted molar refractivity (Wildman–Crippen MR) is 88.7 cm³/mol. The minimum Gasteiger partial charge on any atom is -0.404 e.